The molecule has 0 atom stereocenters. The van der Waals surface area contributed by atoms with E-state index in [4.69, 9.17) is 5.11 Å². The largest absolute Gasteiger partial charge is 0.508 e. The Morgan fingerprint density at radius 2 is 1.57 bits per heavy atom. The number of nitrogens with one attached hydrogen (secondary N) is 1. The molecule has 0 fully saturated rings. The number of phenols is 3. The average molecular weight is 289 g/mol. The van der Waals surface area contributed by atoms with Gasteiger partial charge in [-0.1, -0.05) is 6.07 Å². The number of amides is 1. The molecule has 0 bridgehead atoms. The van der Waals surface area contributed by atoms with Gasteiger partial charge in [0.15, 0.2) is 5.75 Å². The van der Waals surface area contributed by atoms with Gasteiger partial charge in [-0.3, -0.25) is 4.79 Å². The second-order valence-electron chi connectivity index (χ2n) is 4.20. The number of carboxylic acid groups (broad SMARTS) is 1. The van der Waals surface area contributed by atoms with Gasteiger partial charge in [0.05, 0.1) is 5.69 Å². The number of carbonyl (C=O) groups excluding carboxylic acids is 1. The van der Waals surface area contributed by atoms with Crippen molar-refractivity contribution in [3.05, 3.63) is 47.5 Å². The highest BCUT2D eigenvalue weighted by atomic mass is 16.4. The number of aromatic hydroxyl groups is 3. The van der Waals surface area contributed by atoms with Gasteiger partial charge in [0.2, 0.25) is 0 Å². The van der Waals surface area contributed by atoms with Gasteiger partial charge in [-0.15, -0.1) is 0 Å². The first-order valence-corrected chi connectivity index (χ1v) is 5.78. The molecule has 0 aliphatic heterocycles. The van der Waals surface area contributed by atoms with E-state index in [2.05, 4.69) is 5.32 Å². The molecule has 5 N–H and O–H groups in total. The lowest BCUT2D eigenvalue weighted by atomic mass is 10.1. The number of para-hydroxylation sites is 1. The van der Waals surface area contributed by atoms with Crippen molar-refractivity contribution in [3.8, 4) is 17.2 Å². The second kappa shape index (κ2) is 5.41. The molecule has 0 aliphatic carbocycles. The molecule has 21 heavy (non-hydrogen) atoms. The lowest BCUT2D eigenvalue weighted by Crippen LogP contribution is -2.12. The first kappa shape index (κ1) is 14.2. The summed E-state index contributed by atoms with van der Waals surface area (Å²) in [5.74, 6) is -3.24. The Bertz CT molecular complexity index is 705. The lowest BCUT2D eigenvalue weighted by Gasteiger charge is -2.09. The van der Waals surface area contributed by atoms with Gasteiger partial charge in [-0.05, 0) is 24.3 Å². The van der Waals surface area contributed by atoms with E-state index in [0.29, 0.717) is 0 Å². The number of hydrogen-bond acceptors (Lipinski definition) is 5. The monoisotopic (exact) mass is 289 g/mol. The van der Waals surface area contributed by atoms with E-state index in [9.17, 15) is 24.9 Å². The van der Waals surface area contributed by atoms with Crippen LogP contribution in [0.1, 0.15) is 20.7 Å². The molecular weight excluding hydrogens is 278 g/mol. The molecule has 0 spiro atoms. The first-order valence-electron chi connectivity index (χ1n) is 5.78. The summed E-state index contributed by atoms with van der Waals surface area (Å²) in [6.07, 6.45) is 0. The fraction of sp³-hybridized carbons (Fsp3) is 0. The Labute approximate surface area is 118 Å². The van der Waals surface area contributed by atoms with Crippen LogP contribution >= 0.6 is 0 Å². The van der Waals surface area contributed by atoms with Gasteiger partial charge < -0.3 is 25.7 Å². The third kappa shape index (κ3) is 3.03. The van der Waals surface area contributed by atoms with Gasteiger partial charge >= 0.3 is 5.97 Å². The summed E-state index contributed by atoms with van der Waals surface area (Å²) in [6, 6.07) is 7.16. The van der Waals surface area contributed by atoms with E-state index in [1.54, 1.807) is 0 Å². The van der Waals surface area contributed by atoms with Crippen LogP contribution in [0.2, 0.25) is 0 Å². The van der Waals surface area contributed by atoms with Gasteiger partial charge in [-0.25, -0.2) is 4.79 Å². The third-order valence-electron chi connectivity index (χ3n) is 2.68. The van der Waals surface area contributed by atoms with Crippen LogP contribution in [0.3, 0.4) is 0 Å². The highest BCUT2D eigenvalue weighted by molar-refractivity contribution is 6.06. The molecule has 2 aromatic rings. The zero-order valence-electron chi connectivity index (χ0n) is 10.6. The van der Waals surface area contributed by atoms with E-state index in [1.807, 2.05) is 0 Å². The van der Waals surface area contributed by atoms with Crippen molar-refractivity contribution in [2.24, 2.45) is 0 Å². The quantitative estimate of drug-likeness (QED) is 0.548. The predicted molar refractivity (Wildman–Crippen MR) is 72.8 cm³/mol. The van der Waals surface area contributed by atoms with Crippen molar-refractivity contribution in [3.63, 3.8) is 0 Å². The zero-order valence-corrected chi connectivity index (χ0v) is 10.6. The lowest BCUT2D eigenvalue weighted by molar-refractivity contribution is 0.0693. The summed E-state index contributed by atoms with van der Waals surface area (Å²) < 4.78 is 0. The number of rotatable bonds is 3. The molecule has 0 aromatic heterocycles. The average Bonchev–Trinajstić information content (AvgIpc) is 2.39. The summed E-state index contributed by atoms with van der Waals surface area (Å²) in [6.45, 7) is 0. The Morgan fingerprint density at radius 1 is 0.952 bits per heavy atom. The molecule has 1 amide bonds. The summed E-state index contributed by atoms with van der Waals surface area (Å²) in [7, 11) is 0. The number of carbonyl (C=O) groups is 2. The normalized spacial score (nSPS) is 10.1. The van der Waals surface area contributed by atoms with Crippen LogP contribution in [0, 0.1) is 0 Å². The summed E-state index contributed by atoms with van der Waals surface area (Å²) in [5, 5.41) is 39.6. The number of benzene rings is 2. The Kier molecular flexibility index (Phi) is 3.66. The van der Waals surface area contributed by atoms with Crippen LogP contribution in [0.5, 0.6) is 17.2 Å². The van der Waals surface area contributed by atoms with Crippen molar-refractivity contribution in [1.82, 2.24) is 0 Å². The Hall–Kier alpha value is -3.22. The Balaban J connectivity index is 2.32. The molecule has 7 nitrogen and oxygen atoms in total. The van der Waals surface area contributed by atoms with Crippen LogP contribution in [0.15, 0.2) is 36.4 Å². The number of carboxylic acids is 1. The highest BCUT2D eigenvalue weighted by Gasteiger charge is 2.16. The van der Waals surface area contributed by atoms with Crippen molar-refractivity contribution in [2.45, 2.75) is 0 Å². The molecule has 108 valence electrons. The third-order valence-corrected chi connectivity index (χ3v) is 2.68. The van der Waals surface area contributed by atoms with Crippen LogP contribution < -0.4 is 5.32 Å². The van der Waals surface area contributed by atoms with E-state index in [-0.39, 0.29) is 28.3 Å². The molecule has 7 heteroatoms. The van der Waals surface area contributed by atoms with E-state index >= 15 is 0 Å². The van der Waals surface area contributed by atoms with Crippen LogP contribution in [0.25, 0.3) is 0 Å². The van der Waals surface area contributed by atoms with Crippen molar-refractivity contribution in [1.29, 1.82) is 0 Å². The summed E-state index contributed by atoms with van der Waals surface area (Å²) in [5.41, 5.74) is -0.498. The van der Waals surface area contributed by atoms with Crippen molar-refractivity contribution < 1.29 is 30.0 Å². The molecule has 0 saturated carbocycles. The van der Waals surface area contributed by atoms with Gasteiger partial charge in [0, 0.05) is 11.6 Å². The highest BCUT2D eigenvalue weighted by Crippen LogP contribution is 2.28. The van der Waals surface area contributed by atoms with Crippen LogP contribution in [-0.2, 0) is 0 Å². The zero-order chi connectivity index (χ0) is 15.6. The summed E-state index contributed by atoms with van der Waals surface area (Å²) >= 11 is 0. The van der Waals surface area contributed by atoms with Crippen molar-refractivity contribution >= 4 is 17.6 Å². The smallest absolute Gasteiger partial charge is 0.339 e. The number of hydrogen-bond donors (Lipinski definition) is 5. The molecule has 0 saturated heterocycles. The van der Waals surface area contributed by atoms with Crippen LogP contribution in [-0.4, -0.2) is 32.3 Å². The minimum atomic E-state index is -1.33. The maximum Gasteiger partial charge on any atom is 0.339 e. The maximum absolute atomic E-state index is 12.0. The number of phenolic OH excluding ortho intramolecular Hbond substituents is 2. The van der Waals surface area contributed by atoms with Gasteiger partial charge in [0.25, 0.3) is 5.91 Å². The molecule has 0 aliphatic rings. The molecule has 0 heterocycles. The fourth-order valence-electron chi connectivity index (χ4n) is 1.74. The minimum Gasteiger partial charge on any atom is -0.508 e. The summed E-state index contributed by atoms with van der Waals surface area (Å²) in [4.78, 5) is 22.8. The molecule has 2 rings (SSSR count). The topological polar surface area (TPSA) is 127 Å². The van der Waals surface area contributed by atoms with Crippen LogP contribution in [0.4, 0.5) is 5.69 Å². The molecule has 0 unspecified atom stereocenters. The fourth-order valence-corrected chi connectivity index (χ4v) is 1.74. The van der Waals surface area contributed by atoms with Crippen molar-refractivity contribution in [2.75, 3.05) is 5.32 Å². The van der Waals surface area contributed by atoms with E-state index in [1.165, 1.54) is 18.2 Å². The predicted octanol–water partition coefficient (Wildman–Crippen LogP) is 1.75. The number of anilines is 1. The van der Waals surface area contributed by atoms with E-state index < -0.39 is 17.6 Å². The standard InChI is InChI=1S/C14H11NO6/c16-8-4-7(5-9(17)6-8)13(19)15-11-3-1-2-10(12(11)18)14(20)21/h1-6,16-18H,(H,15,19)(H,20,21). The molecule has 0 radical (unpaired) electrons. The minimum absolute atomic E-state index is 0.0485. The second-order valence-corrected chi connectivity index (χ2v) is 4.20. The maximum atomic E-state index is 12.0. The van der Waals surface area contributed by atoms with Gasteiger partial charge in [0.1, 0.15) is 17.1 Å². The Morgan fingerprint density at radius 3 is 2.14 bits per heavy atom. The number of aromatic carboxylic acids is 1. The first-order chi connectivity index (χ1) is 9.88. The van der Waals surface area contributed by atoms with Gasteiger partial charge in [-0.2, -0.15) is 0 Å². The van der Waals surface area contributed by atoms with E-state index in [0.717, 1.165) is 18.2 Å². The SMILES string of the molecule is O=C(Nc1cccc(C(=O)O)c1O)c1cc(O)cc(O)c1. The molecular formula is C14H11NO6. The molecule has 2 aromatic carbocycles.